The number of para-hydroxylation sites is 1. The van der Waals surface area contributed by atoms with Crippen molar-refractivity contribution in [2.75, 3.05) is 25.1 Å². The predicted molar refractivity (Wildman–Crippen MR) is 98.2 cm³/mol. The maximum absolute atomic E-state index is 12.8. The lowest BCUT2D eigenvalue weighted by molar-refractivity contribution is 0.0600. The Bertz CT molecular complexity index is 883. The topological polar surface area (TPSA) is 84.7 Å². The zero-order chi connectivity index (χ0) is 18.8. The molecule has 0 aliphatic carbocycles. The van der Waals surface area contributed by atoms with E-state index in [9.17, 15) is 14.7 Å². The van der Waals surface area contributed by atoms with Crippen LogP contribution in [-0.2, 0) is 4.74 Å². The third-order valence-electron chi connectivity index (χ3n) is 4.70. The van der Waals surface area contributed by atoms with Crippen LogP contribution < -0.4 is 10.5 Å². The number of benzene rings is 1. The van der Waals surface area contributed by atoms with E-state index < -0.39 is 17.6 Å². The van der Waals surface area contributed by atoms with E-state index >= 15 is 0 Å². The van der Waals surface area contributed by atoms with Gasteiger partial charge in [-0.25, -0.2) is 4.79 Å². The van der Waals surface area contributed by atoms with Gasteiger partial charge in [-0.1, -0.05) is 30.7 Å². The van der Waals surface area contributed by atoms with Crippen molar-refractivity contribution in [2.24, 2.45) is 5.92 Å². The quantitative estimate of drug-likeness (QED) is 0.822. The number of methoxy groups -OCH3 is 1. The maximum atomic E-state index is 12.8. The number of carbonyl (C=O) groups is 1. The number of aliphatic hydroxyl groups is 1. The largest absolute Gasteiger partial charge is 0.465 e. The summed E-state index contributed by atoms with van der Waals surface area (Å²) in [6.45, 7) is 3.07. The number of rotatable bonds is 3. The van der Waals surface area contributed by atoms with Gasteiger partial charge in [-0.3, -0.25) is 4.79 Å². The molecule has 1 aromatic carbocycles. The first-order valence-corrected chi connectivity index (χ1v) is 8.70. The van der Waals surface area contributed by atoms with E-state index in [1.807, 2.05) is 11.8 Å². The first-order chi connectivity index (χ1) is 12.4. The van der Waals surface area contributed by atoms with Crippen LogP contribution in [0, 0.1) is 5.92 Å². The van der Waals surface area contributed by atoms with Crippen LogP contribution in [0.3, 0.4) is 0 Å². The van der Waals surface area contributed by atoms with E-state index in [4.69, 9.17) is 16.3 Å². The van der Waals surface area contributed by atoms with E-state index in [0.717, 1.165) is 11.1 Å². The summed E-state index contributed by atoms with van der Waals surface area (Å²) in [4.78, 5) is 26.6. The average molecular weight is 378 g/mol. The van der Waals surface area contributed by atoms with Crippen molar-refractivity contribution < 1.29 is 14.6 Å². The van der Waals surface area contributed by atoms with Gasteiger partial charge < -0.3 is 14.7 Å². The van der Waals surface area contributed by atoms with Crippen molar-refractivity contribution in [1.29, 1.82) is 0 Å². The molecule has 1 aromatic heterocycles. The Morgan fingerprint density at radius 1 is 1.35 bits per heavy atom. The smallest absolute Gasteiger partial charge is 0.340 e. The number of esters is 1. The monoisotopic (exact) mass is 377 g/mol. The summed E-state index contributed by atoms with van der Waals surface area (Å²) in [5, 5.41) is 14.3. The van der Waals surface area contributed by atoms with Crippen LogP contribution in [-0.4, -0.2) is 47.2 Å². The van der Waals surface area contributed by atoms with Crippen molar-refractivity contribution in [3.63, 3.8) is 0 Å². The van der Waals surface area contributed by atoms with Gasteiger partial charge >= 0.3 is 5.97 Å². The Balaban J connectivity index is 2.02. The SMILES string of the molecule is COC(=O)c1ccccc1-n1ncc(N2CCC(C)C(O)C2)c(Cl)c1=O. The molecule has 3 rings (SSSR count). The summed E-state index contributed by atoms with van der Waals surface area (Å²) < 4.78 is 5.84. The second-order valence-electron chi connectivity index (χ2n) is 6.35. The Morgan fingerprint density at radius 3 is 2.77 bits per heavy atom. The van der Waals surface area contributed by atoms with Crippen molar-refractivity contribution in [3.05, 3.63) is 51.4 Å². The molecular weight excluding hydrogens is 358 g/mol. The molecule has 1 fully saturated rings. The van der Waals surface area contributed by atoms with Gasteiger partial charge in [0.2, 0.25) is 0 Å². The summed E-state index contributed by atoms with van der Waals surface area (Å²) in [6, 6.07) is 6.52. The highest BCUT2D eigenvalue weighted by Gasteiger charge is 2.27. The number of aromatic nitrogens is 2. The van der Waals surface area contributed by atoms with Crippen LogP contribution in [0.5, 0.6) is 0 Å². The van der Waals surface area contributed by atoms with E-state index in [1.54, 1.807) is 24.3 Å². The van der Waals surface area contributed by atoms with E-state index in [0.29, 0.717) is 24.5 Å². The molecule has 0 radical (unpaired) electrons. The number of ether oxygens (including phenoxy) is 1. The minimum absolute atomic E-state index is 0.00132. The molecule has 138 valence electrons. The van der Waals surface area contributed by atoms with Gasteiger partial charge in [-0.2, -0.15) is 9.78 Å². The number of aliphatic hydroxyl groups excluding tert-OH is 1. The van der Waals surface area contributed by atoms with Crippen LogP contribution in [0.15, 0.2) is 35.3 Å². The highest BCUT2D eigenvalue weighted by Crippen LogP contribution is 2.27. The normalized spacial score (nSPS) is 20.1. The lowest BCUT2D eigenvalue weighted by Crippen LogP contribution is -2.43. The van der Waals surface area contributed by atoms with Crippen molar-refractivity contribution in [3.8, 4) is 5.69 Å². The predicted octanol–water partition coefficient (Wildman–Crippen LogP) is 1.88. The van der Waals surface area contributed by atoms with Gasteiger partial charge in [0.05, 0.1) is 36.3 Å². The molecule has 1 aliphatic rings. The number of anilines is 1. The van der Waals surface area contributed by atoms with Gasteiger partial charge in [-0.05, 0) is 24.5 Å². The number of carbonyl (C=O) groups excluding carboxylic acids is 1. The lowest BCUT2D eigenvalue weighted by Gasteiger charge is -2.35. The molecule has 1 aliphatic heterocycles. The Labute approximate surface area is 155 Å². The van der Waals surface area contributed by atoms with Gasteiger partial charge in [-0.15, -0.1) is 0 Å². The molecular formula is C18H20ClN3O4. The Kier molecular flexibility index (Phi) is 5.29. The third-order valence-corrected chi connectivity index (χ3v) is 5.05. The number of piperidine rings is 1. The number of nitrogens with zero attached hydrogens (tertiary/aromatic N) is 3. The summed E-state index contributed by atoms with van der Waals surface area (Å²) in [7, 11) is 1.27. The molecule has 8 heteroatoms. The summed E-state index contributed by atoms with van der Waals surface area (Å²) >= 11 is 6.32. The van der Waals surface area contributed by atoms with Crippen LogP contribution in [0.2, 0.25) is 5.02 Å². The Hall–Kier alpha value is -2.38. The average Bonchev–Trinajstić information content (AvgIpc) is 2.65. The van der Waals surface area contributed by atoms with Crippen LogP contribution in [0.25, 0.3) is 5.69 Å². The summed E-state index contributed by atoms with van der Waals surface area (Å²) in [6.07, 6.45) is 1.80. The minimum Gasteiger partial charge on any atom is -0.465 e. The molecule has 2 atom stereocenters. The van der Waals surface area contributed by atoms with E-state index in [2.05, 4.69) is 5.10 Å². The number of hydrogen-bond acceptors (Lipinski definition) is 6. The standard InChI is InChI=1S/C18H20ClN3O4/c1-11-7-8-21(10-15(11)23)14-9-20-22(17(24)16(14)19)13-6-4-3-5-12(13)18(25)26-2/h3-6,9,11,15,23H,7-8,10H2,1-2H3. The number of hydrogen-bond donors (Lipinski definition) is 1. The number of halogens is 1. The summed E-state index contributed by atoms with van der Waals surface area (Å²) in [5.74, 6) is -0.368. The zero-order valence-corrected chi connectivity index (χ0v) is 15.3. The van der Waals surface area contributed by atoms with Crippen LogP contribution >= 0.6 is 11.6 Å². The molecule has 0 bridgehead atoms. The first-order valence-electron chi connectivity index (χ1n) is 8.32. The molecule has 2 heterocycles. The van der Waals surface area contributed by atoms with E-state index in [-0.39, 0.29) is 16.5 Å². The molecule has 0 spiro atoms. The highest BCUT2D eigenvalue weighted by molar-refractivity contribution is 6.33. The fourth-order valence-corrected chi connectivity index (χ4v) is 3.27. The van der Waals surface area contributed by atoms with Gasteiger partial charge in [0, 0.05) is 13.1 Å². The van der Waals surface area contributed by atoms with Crippen molar-refractivity contribution in [1.82, 2.24) is 9.78 Å². The molecule has 0 amide bonds. The fraction of sp³-hybridized carbons (Fsp3) is 0.389. The molecule has 2 unspecified atom stereocenters. The fourth-order valence-electron chi connectivity index (χ4n) is 3.02. The van der Waals surface area contributed by atoms with E-state index in [1.165, 1.54) is 13.3 Å². The number of β-amino-alcohol motifs (C(OH)–C–C–N with tert-alkyl or cyclic N) is 1. The Morgan fingerprint density at radius 2 is 2.08 bits per heavy atom. The zero-order valence-electron chi connectivity index (χ0n) is 14.6. The highest BCUT2D eigenvalue weighted by atomic mass is 35.5. The maximum Gasteiger partial charge on any atom is 0.340 e. The van der Waals surface area contributed by atoms with Gasteiger partial charge in [0.15, 0.2) is 0 Å². The minimum atomic E-state index is -0.567. The van der Waals surface area contributed by atoms with Crippen molar-refractivity contribution >= 4 is 23.3 Å². The molecule has 0 saturated carbocycles. The van der Waals surface area contributed by atoms with Crippen molar-refractivity contribution in [2.45, 2.75) is 19.4 Å². The second kappa shape index (κ2) is 7.47. The summed E-state index contributed by atoms with van der Waals surface area (Å²) in [5.41, 5.74) is 0.462. The molecule has 1 saturated heterocycles. The van der Waals surface area contributed by atoms with Gasteiger partial charge in [0.25, 0.3) is 5.56 Å². The van der Waals surface area contributed by atoms with Gasteiger partial charge in [0.1, 0.15) is 5.02 Å². The lowest BCUT2D eigenvalue weighted by atomic mass is 9.96. The first kappa shape index (κ1) is 18.4. The third kappa shape index (κ3) is 3.32. The molecule has 26 heavy (non-hydrogen) atoms. The second-order valence-corrected chi connectivity index (χ2v) is 6.73. The molecule has 1 N–H and O–H groups in total. The van der Waals surface area contributed by atoms with Crippen LogP contribution in [0.1, 0.15) is 23.7 Å². The van der Waals surface area contributed by atoms with Crippen LogP contribution in [0.4, 0.5) is 5.69 Å². The molecule has 7 nitrogen and oxygen atoms in total. The molecule has 2 aromatic rings.